The highest BCUT2D eigenvalue weighted by Gasteiger charge is 2.41. The van der Waals surface area contributed by atoms with Crippen LogP contribution in [-0.2, 0) is 96.9 Å². The van der Waals surface area contributed by atoms with E-state index in [1.165, 1.54) is 367 Å². The second-order valence-corrected chi connectivity index (χ2v) is 46.3. The minimum Gasteiger partial charge on any atom is -0.371 e. The van der Waals surface area contributed by atoms with Crippen LogP contribution in [0.3, 0.4) is 0 Å². The first-order valence-electron chi connectivity index (χ1n) is 57.9. The summed E-state index contributed by atoms with van der Waals surface area (Å²) in [7, 11) is 11.4. The van der Waals surface area contributed by atoms with Gasteiger partial charge in [0.2, 0.25) is 0 Å². The third-order valence-electron chi connectivity index (χ3n) is 36.5. The summed E-state index contributed by atoms with van der Waals surface area (Å²) in [5, 5.41) is 18.9. The molecular weight excluding hydrogens is 1820 g/mol. The van der Waals surface area contributed by atoms with E-state index in [1.54, 1.807) is 11.9 Å². The van der Waals surface area contributed by atoms with E-state index in [0.29, 0.717) is 60.4 Å². The van der Waals surface area contributed by atoms with Gasteiger partial charge in [-0.2, -0.15) is 0 Å². The van der Waals surface area contributed by atoms with Gasteiger partial charge in [-0.05, 0) is 376 Å². The Morgan fingerprint density at radius 1 is 0.245 bits per heavy atom. The Labute approximate surface area is 877 Å². The maximum absolute atomic E-state index is 4.82. The Kier molecular flexibility index (Phi) is 33.6. The summed E-state index contributed by atoms with van der Waals surface area (Å²) < 4.78 is 0. The largest absolute Gasteiger partial charge is 0.371 e. The summed E-state index contributed by atoms with van der Waals surface area (Å²) >= 11 is 0. The molecule has 0 radical (unpaired) electrons. The summed E-state index contributed by atoms with van der Waals surface area (Å²) in [6.07, 6.45) is 61.3. The first-order chi connectivity index (χ1) is 72.4. The molecule has 25 nitrogen and oxygen atoms in total. The van der Waals surface area contributed by atoms with Crippen molar-refractivity contribution in [3.8, 4) is 0 Å². The summed E-state index contributed by atoms with van der Waals surface area (Å²) in [6.45, 7) is 21.7. The highest BCUT2D eigenvalue weighted by molar-refractivity contribution is 5.61. The number of aromatic nitrogens is 10. The van der Waals surface area contributed by atoms with Crippen LogP contribution in [0, 0.1) is 11.8 Å². The molecule has 25 heteroatoms. The summed E-state index contributed by atoms with van der Waals surface area (Å²) in [5.74, 6) is 4.33. The molecule has 10 aromatic rings. The fourth-order valence-corrected chi connectivity index (χ4v) is 28.8. The van der Waals surface area contributed by atoms with Crippen LogP contribution in [0.1, 0.15) is 303 Å². The number of fused-ring (bicyclic) bond motifs is 11. The van der Waals surface area contributed by atoms with Crippen molar-refractivity contribution >= 4 is 28.7 Å². The van der Waals surface area contributed by atoms with Gasteiger partial charge in [-0.1, -0.05) is 48.9 Å². The predicted molar refractivity (Wildman–Crippen MR) is 593 cm³/mol. The van der Waals surface area contributed by atoms with E-state index in [0.717, 1.165) is 136 Å². The second kappa shape index (κ2) is 48.6. The van der Waals surface area contributed by atoms with E-state index in [2.05, 4.69) is 213 Å². The molecule has 10 aliphatic heterocycles. The van der Waals surface area contributed by atoms with Gasteiger partial charge in [0.15, 0.2) is 0 Å². The average molecular weight is 1980 g/mol. The number of nitrogens with zero attached hydrogens (tertiary/aromatic N) is 20. The highest BCUT2D eigenvalue weighted by atomic mass is 15.3. The highest BCUT2D eigenvalue weighted by Crippen LogP contribution is 2.45. The molecule has 9 aromatic heterocycles. The molecule has 16 aliphatic rings. The lowest BCUT2D eigenvalue weighted by atomic mass is 9.89. The first-order valence-corrected chi connectivity index (χ1v) is 57.9. The van der Waals surface area contributed by atoms with Crippen molar-refractivity contribution in [3.63, 3.8) is 0 Å². The number of rotatable bonds is 20. The number of likely N-dealkylation sites (N-methyl/N-ethyl adjacent to an activating group) is 5. The smallest absolute Gasteiger partial charge is 0.135 e. The van der Waals surface area contributed by atoms with E-state index in [4.69, 9.17) is 44.9 Å². The molecule has 0 spiro atoms. The van der Waals surface area contributed by atoms with Crippen LogP contribution >= 0.6 is 0 Å². The van der Waals surface area contributed by atoms with Gasteiger partial charge in [0, 0.05) is 239 Å². The molecule has 19 heterocycles. The Bertz CT molecular complexity index is 5410. The van der Waals surface area contributed by atoms with Crippen molar-refractivity contribution in [2.45, 2.75) is 318 Å². The third kappa shape index (κ3) is 23.9. The quantitative estimate of drug-likeness (QED) is 0.0479. The van der Waals surface area contributed by atoms with Gasteiger partial charge in [0.1, 0.15) is 18.0 Å². The van der Waals surface area contributed by atoms with Crippen LogP contribution in [0.4, 0.5) is 28.7 Å². The molecule has 780 valence electrons. The van der Waals surface area contributed by atoms with E-state index in [9.17, 15) is 0 Å². The molecular formula is C122H167N25. The standard InChI is InChI=1S/C27H36N4.3C24H33N5.C23H32N6/c1-30(26-12-3-6-19-10-5-13-28-27(19)26)18-23-14-24-20(15-29-23)7-4-11-25(24)31-16-21-8-2-9-22(21)17-31;2*1-28(23-9-5-7-18-8-6-11-26-24(18)23)17-19-15-20-21(16-27-19)25-12-10-22(20)29-13-3-2-4-14-29;1-28(22-9-5-7-18-8-6-11-25-23(18)22)17-20-15-21-19(16-27-20)10-12-26-24(21)29-13-3-2-4-14-29;1-28(21-9-5-7-17-8-6-10-24-22(17)21)15-18-13-19-20(14-25-18)26-16-27-23(19)29-11-3-2-4-12-29/h4-5,7,10-11,13,21-23,26,29H,2-3,6,8-9,12,14-18H2,1H3;2*6,8,10-12,19,23,27H,2-5,7,9,13-17H2,1H3;6,8,10-12,20,22,27H,2-5,7,9,13-17H2,1H3;6,8,10,16,18,21,25H,2-5,7,9,11-15H2,1H3/t21-,22+,23-,26+;19-,23+;19-,23-;20-,22+;18-,21+/m11011/s1. The van der Waals surface area contributed by atoms with Crippen LogP contribution in [0.15, 0.2) is 153 Å². The zero-order valence-electron chi connectivity index (χ0n) is 89.2. The maximum Gasteiger partial charge on any atom is 0.135 e. The second-order valence-electron chi connectivity index (χ2n) is 46.3. The fourth-order valence-electron chi connectivity index (χ4n) is 28.8. The zero-order chi connectivity index (χ0) is 99.3. The van der Waals surface area contributed by atoms with E-state index < -0.39 is 0 Å². The molecule has 12 atom stereocenters. The van der Waals surface area contributed by atoms with E-state index in [1.807, 2.05) is 49.6 Å². The topological polar surface area (TPSA) is 221 Å². The van der Waals surface area contributed by atoms with Crippen LogP contribution in [0.25, 0.3) is 0 Å². The van der Waals surface area contributed by atoms with Gasteiger partial charge in [-0.3, -0.25) is 59.4 Å². The van der Waals surface area contributed by atoms with Crippen LogP contribution in [0.2, 0.25) is 0 Å². The molecule has 0 amide bonds. The van der Waals surface area contributed by atoms with Crippen molar-refractivity contribution in [2.75, 3.05) is 158 Å². The maximum atomic E-state index is 4.82. The van der Waals surface area contributed by atoms with Gasteiger partial charge in [-0.15, -0.1) is 0 Å². The van der Waals surface area contributed by atoms with Gasteiger partial charge < -0.3 is 51.1 Å². The fraction of sp³-hybridized carbons (Fsp3) is 0.590. The van der Waals surface area contributed by atoms with E-state index in [-0.39, 0.29) is 0 Å². The molecule has 5 saturated heterocycles. The van der Waals surface area contributed by atoms with E-state index >= 15 is 0 Å². The lowest BCUT2D eigenvalue weighted by molar-refractivity contribution is 0.190. The molecule has 0 unspecified atom stereocenters. The lowest BCUT2D eigenvalue weighted by Gasteiger charge is -2.37. The summed E-state index contributed by atoms with van der Waals surface area (Å²) in [5.41, 5.74) is 32.2. The first kappa shape index (κ1) is 102. The van der Waals surface area contributed by atoms with Gasteiger partial charge in [0.25, 0.3) is 0 Å². The Morgan fingerprint density at radius 2 is 0.551 bits per heavy atom. The molecule has 147 heavy (non-hydrogen) atoms. The number of pyridine rings is 8. The molecule has 6 fully saturated rings. The Morgan fingerprint density at radius 3 is 0.932 bits per heavy atom. The van der Waals surface area contributed by atoms with Crippen molar-refractivity contribution in [2.24, 2.45) is 11.8 Å². The van der Waals surface area contributed by atoms with Crippen molar-refractivity contribution in [3.05, 3.63) is 265 Å². The van der Waals surface area contributed by atoms with Crippen molar-refractivity contribution in [1.82, 2.24) is 101 Å². The van der Waals surface area contributed by atoms with Gasteiger partial charge in [-0.25, -0.2) is 15.0 Å². The molecule has 1 aromatic carbocycles. The number of hydrogen-bond acceptors (Lipinski definition) is 25. The molecule has 6 aliphatic carbocycles. The lowest BCUT2D eigenvalue weighted by Crippen LogP contribution is -2.46. The average Bonchev–Trinajstić information content (AvgIpc) is 1.53. The monoisotopic (exact) mass is 1980 g/mol. The number of aryl methyl sites for hydroxylation is 5. The summed E-state index contributed by atoms with van der Waals surface area (Å²) in [4.78, 5) is 72.9. The van der Waals surface area contributed by atoms with Crippen LogP contribution < -0.4 is 51.1 Å². The third-order valence-corrected chi connectivity index (χ3v) is 36.5. The van der Waals surface area contributed by atoms with Crippen LogP contribution in [-0.4, -0.2) is 238 Å². The number of hydrogen-bond donors (Lipinski definition) is 5. The minimum atomic E-state index is 0.427. The predicted octanol–water partition coefficient (Wildman–Crippen LogP) is 17.7. The number of anilines is 5. The SMILES string of the molecule is CN(C[C@@H]1Cc2c(N3CCCCC3)ccnc2CN1)[C@H]1CCCc2cccnc21.CN(C[C@H]1Cc2c(N3CCCCC3)ccnc2CN1)[C@H]1CCCc2cccnc21.CN(C[C@H]1Cc2c(cccc2N2C[C@H]3CCC[C@H]3C2)CN1)[C@H]1CCCc2cccnc21.CN(C[C@H]1Cc2c(ccnc2N2CCCCC2)CN1)[C@H]1CCCc2cccnc21.CN(C[C@H]1Cc2c(ncnc2N2CCCCC2)CN1)[C@H]1CCCc2cccnc21. The van der Waals surface area contributed by atoms with Crippen molar-refractivity contribution in [1.29, 1.82) is 0 Å². The number of nitrogens with one attached hydrogen (secondary N) is 5. The number of benzene rings is 1. The molecule has 0 bridgehead atoms. The zero-order valence-corrected chi connectivity index (χ0v) is 89.2. The Balaban J connectivity index is 0.000000104. The van der Waals surface area contributed by atoms with Crippen LogP contribution in [0.5, 0.6) is 0 Å². The summed E-state index contributed by atoms with van der Waals surface area (Å²) in [6, 6.07) is 40.0. The molecule has 1 saturated carbocycles. The van der Waals surface area contributed by atoms with Gasteiger partial charge >= 0.3 is 0 Å². The normalized spacial score (nSPS) is 25.4. The molecule has 5 N–H and O–H groups in total. The Hall–Kier alpha value is -9.90. The minimum absolute atomic E-state index is 0.427. The van der Waals surface area contributed by atoms with Gasteiger partial charge in [0.05, 0.1) is 75.8 Å². The molecule has 26 rings (SSSR count). The number of piperidine rings is 4. The van der Waals surface area contributed by atoms with Crippen molar-refractivity contribution < 1.29 is 0 Å².